The van der Waals surface area contributed by atoms with E-state index in [4.69, 9.17) is 5.73 Å². The smallest absolute Gasteiger partial charge is 0.0402 e. The first-order valence-electron chi connectivity index (χ1n) is 5.77. The van der Waals surface area contributed by atoms with Crippen LogP contribution in [0.15, 0.2) is 18.2 Å². The Labute approximate surface area is 92.1 Å². The number of likely N-dealkylation sites (N-methyl/N-ethyl adjacent to an activating group) is 1. The van der Waals surface area contributed by atoms with E-state index in [-0.39, 0.29) is 0 Å². The minimum absolute atomic E-state index is 0.643. The summed E-state index contributed by atoms with van der Waals surface area (Å²) in [7, 11) is 2.18. The van der Waals surface area contributed by atoms with Crippen molar-refractivity contribution in [3.8, 4) is 0 Å². The normalized spacial score (nSPS) is 19.4. The Morgan fingerprint density at radius 2 is 2.27 bits per heavy atom. The SMILES string of the molecule is CC1Cc2ccc(CCCN)cc2N1C. The molecule has 0 bridgehead atoms. The molecule has 1 aromatic carbocycles. The molecule has 0 saturated heterocycles. The lowest BCUT2D eigenvalue weighted by Gasteiger charge is -2.18. The molecule has 0 aromatic heterocycles. The van der Waals surface area contributed by atoms with Gasteiger partial charge in [0.25, 0.3) is 0 Å². The van der Waals surface area contributed by atoms with Gasteiger partial charge in [0.15, 0.2) is 0 Å². The first-order valence-corrected chi connectivity index (χ1v) is 5.77. The molecule has 82 valence electrons. The fourth-order valence-electron chi connectivity index (χ4n) is 2.26. The fourth-order valence-corrected chi connectivity index (χ4v) is 2.26. The van der Waals surface area contributed by atoms with Gasteiger partial charge in [-0.3, -0.25) is 0 Å². The summed E-state index contributed by atoms with van der Waals surface area (Å²) in [5, 5.41) is 0. The van der Waals surface area contributed by atoms with E-state index in [0.29, 0.717) is 6.04 Å². The lowest BCUT2D eigenvalue weighted by Crippen LogP contribution is -2.23. The highest BCUT2D eigenvalue weighted by Crippen LogP contribution is 2.31. The van der Waals surface area contributed by atoms with Crippen LogP contribution in [0.25, 0.3) is 0 Å². The van der Waals surface area contributed by atoms with Crippen LogP contribution in [-0.4, -0.2) is 19.6 Å². The first kappa shape index (κ1) is 10.5. The van der Waals surface area contributed by atoms with Crippen molar-refractivity contribution in [3.63, 3.8) is 0 Å². The molecule has 1 heterocycles. The minimum Gasteiger partial charge on any atom is -0.371 e. The van der Waals surface area contributed by atoms with Crippen molar-refractivity contribution in [1.29, 1.82) is 0 Å². The maximum atomic E-state index is 5.53. The Balaban J connectivity index is 2.20. The maximum absolute atomic E-state index is 5.53. The summed E-state index contributed by atoms with van der Waals surface area (Å²) in [6.07, 6.45) is 3.37. The van der Waals surface area contributed by atoms with Crippen LogP contribution in [0.3, 0.4) is 0 Å². The van der Waals surface area contributed by atoms with E-state index in [1.807, 2.05) is 0 Å². The van der Waals surface area contributed by atoms with Gasteiger partial charge in [0.1, 0.15) is 0 Å². The topological polar surface area (TPSA) is 29.3 Å². The zero-order chi connectivity index (χ0) is 10.8. The Morgan fingerprint density at radius 3 is 3.00 bits per heavy atom. The highest BCUT2D eigenvalue weighted by atomic mass is 15.1. The summed E-state index contributed by atoms with van der Waals surface area (Å²) in [5.41, 5.74) is 9.85. The zero-order valence-corrected chi connectivity index (χ0v) is 9.66. The second-order valence-electron chi connectivity index (χ2n) is 4.52. The van der Waals surface area contributed by atoms with Crippen molar-refractivity contribution < 1.29 is 0 Å². The molecule has 0 aliphatic carbocycles. The number of nitrogens with two attached hydrogens (primary N) is 1. The molecule has 0 spiro atoms. The Morgan fingerprint density at radius 1 is 1.47 bits per heavy atom. The quantitative estimate of drug-likeness (QED) is 0.815. The van der Waals surface area contributed by atoms with Gasteiger partial charge in [-0.2, -0.15) is 0 Å². The molecule has 0 amide bonds. The summed E-state index contributed by atoms with van der Waals surface area (Å²) >= 11 is 0. The van der Waals surface area contributed by atoms with Crippen LogP contribution in [-0.2, 0) is 12.8 Å². The average Bonchev–Trinajstić information content (AvgIpc) is 2.52. The Hall–Kier alpha value is -1.02. The molecule has 0 saturated carbocycles. The molecular weight excluding hydrogens is 184 g/mol. The highest BCUT2D eigenvalue weighted by Gasteiger charge is 2.22. The molecule has 0 fully saturated rings. The van der Waals surface area contributed by atoms with Gasteiger partial charge >= 0.3 is 0 Å². The molecule has 1 aliphatic rings. The standard InChI is InChI=1S/C13H20N2/c1-10-8-12-6-5-11(4-3-7-14)9-13(12)15(10)2/h5-6,9-10H,3-4,7-8,14H2,1-2H3. The van der Waals surface area contributed by atoms with E-state index < -0.39 is 0 Å². The van der Waals surface area contributed by atoms with Gasteiger partial charge in [0, 0.05) is 18.8 Å². The summed E-state index contributed by atoms with van der Waals surface area (Å²) in [5.74, 6) is 0. The van der Waals surface area contributed by atoms with E-state index in [2.05, 4.69) is 37.1 Å². The van der Waals surface area contributed by atoms with Gasteiger partial charge in [-0.05, 0) is 49.9 Å². The van der Waals surface area contributed by atoms with E-state index in [1.165, 1.54) is 23.2 Å². The van der Waals surface area contributed by atoms with Gasteiger partial charge in [-0.25, -0.2) is 0 Å². The molecule has 15 heavy (non-hydrogen) atoms. The largest absolute Gasteiger partial charge is 0.371 e. The third-order valence-corrected chi connectivity index (χ3v) is 3.38. The second-order valence-corrected chi connectivity index (χ2v) is 4.52. The van der Waals surface area contributed by atoms with Gasteiger partial charge in [-0.1, -0.05) is 12.1 Å². The first-order chi connectivity index (χ1) is 7.22. The van der Waals surface area contributed by atoms with Crippen LogP contribution < -0.4 is 10.6 Å². The number of rotatable bonds is 3. The molecule has 2 N–H and O–H groups in total. The predicted molar refractivity (Wildman–Crippen MR) is 65.4 cm³/mol. The molecule has 0 radical (unpaired) electrons. The van der Waals surface area contributed by atoms with E-state index >= 15 is 0 Å². The van der Waals surface area contributed by atoms with Crippen LogP contribution >= 0.6 is 0 Å². The van der Waals surface area contributed by atoms with Crippen LogP contribution in [0.4, 0.5) is 5.69 Å². The molecule has 2 rings (SSSR count). The Kier molecular flexibility index (Phi) is 2.96. The second kappa shape index (κ2) is 4.23. The van der Waals surface area contributed by atoms with E-state index in [9.17, 15) is 0 Å². The zero-order valence-electron chi connectivity index (χ0n) is 9.66. The summed E-state index contributed by atoms with van der Waals surface area (Å²) < 4.78 is 0. The number of hydrogen-bond donors (Lipinski definition) is 1. The van der Waals surface area contributed by atoms with Crippen molar-refractivity contribution in [1.82, 2.24) is 0 Å². The van der Waals surface area contributed by atoms with Crippen molar-refractivity contribution in [2.24, 2.45) is 5.73 Å². The number of benzene rings is 1. The monoisotopic (exact) mass is 204 g/mol. The van der Waals surface area contributed by atoms with Crippen molar-refractivity contribution >= 4 is 5.69 Å². The van der Waals surface area contributed by atoms with Gasteiger partial charge in [-0.15, -0.1) is 0 Å². The molecule has 1 atom stereocenters. The number of nitrogens with zero attached hydrogens (tertiary/aromatic N) is 1. The van der Waals surface area contributed by atoms with Crippen LogP contribution in [0.5, 0.6) is 0 Å². The number of anilines is 1. The fraction of sp³-hybridized carbons (Fsp3) is 0.538. The number of aryl methyl sites for hydroxylation is 1. The summed E-state index contributed by atoms with van der Waals surface area (Å²) in [6.45, 7) is 3.06. The molecule has 2 heteroatoms. The molecule has 2 nitrogen and oxygen atoms in total. The lowest BCUT2D eigenvalue weighted by molar-refractivity contribution is 0.732. The third-order valence-electron chi connectivity index (χ3n) is 3.38. The van der Waals surface area contributed by atoms with E-state index in [0.717, 1.165) is 19.4 Å². The molecular formula is C13H20N2. The Bertz CT molecular complexity index is 346. The summed E-state index contributed by atoms with van der Waals surface area (Å²) in [6, 6.07) is 7.50. The van der Waals surface area contributed by atoms with Crippen molar-refractivity contribution in [3.05, 3.63) is 29.3 Å². The van der Waals surface area contributed by atoms with Crippen molar-refractivity contribution in [2.75, 3.05) is 18.5 Å². The molecule has 1 unspecified atom stereocenters. The van der Waals surface area contributed by atoms with Crippen LogP contribution in [0.1, 0.15) is 24.5 Å². The van der Waals surface area contributed by atoms with Crippen LogP contribution in [0.2, 0.25) is 0 Å². The van der Waals surface area contributed by atoms with Crippen LogP contribution in [0, 0.1) is 0 Å². The van der Waals surface area contributed by atoms with Crippen molar-refractivity contribution in [2.45, 2.75) is 32.2 Å². The number of hydrogen-bond acceptors (Lipinski definition) is 2. The van der Waals surface area contributed by atoms with Gasteiger partial charge in [0.05, 0.1) is 0 Å². The van der Waals surface area contributed by atoms with E-state index in [1.54, 1.807) is 0 Å². The summed E-state index contributed by atoms with van der Waals surface area (Å²) in [4.78, 5) is 2.38. The third kappa shape index (κ3) is 2.00. The van der Waals surface area contributed by atoms with Gasteiger partial charge in [0.2, 0.25) is 0 Å². The lowest BCUT2D eigenvalue weighted by atomic mass is 10.0. The predicted octanol–water partition coefficient (Wildman–Crippen LogP) is 1.96. The maximum Gasteiger partial charge on any atom is 0.0402 e. The molecule has 1 aromatic rings. The number of fused-ring (bicyclic) bond motifs is 1. The van der Waals surface area contributed by atoms with Gasteiger partial charge < -0.3 is 10.6 Å². The average molecular weight is 204 g/mol. The minimum atomic E-state index is 0.643. The molecule has 1 aliphatic heterocycles. The highest BCUT2D eigenvalue weighted by molar-refractivity contribution is 5.60.